The topological polar surface area (TPSA) is 21.3 Å². The molecule has 1 N–H and O–H groups in total. The second kappa shape index (κ2) is 5.54. The van der Waals surface area contributed by atoms with Gasteiger partial charge in [0.2, 0.25) is 0 Å². The highest BCUT2D eigenvalue weighted by atomic mass is 35.5. The van der Waals surface area contributed by atoms with Crippen LogP contribution in [-0.2, 0) is 6.54 Å². The molecule has 0 aliphatic heterocycles. The number of thiophene rings is 1. The molecule has 0 saturated carbocycles. The molecular formula is C13H14ClNOS. The number of rotatable bonds is 4. The largest absolute Gasteiger partial charge is 0.497 e. The van der Waals surface area contributed by atoms with Gasteiger partial charge < -0.3 is 10.1 Å². The van der Waals surface area contributed by atoms with Crippen molar-refractivity contribution in [3.05, 3.63) is 40.2 Å². The maximum Gasteiger partial charge on any atom is 0.119 e. The van der Waals surface area contributed by atoms with E-state index in [-0.39, 0.29) is 0 Å². The molecular weight excluding hydrogens is 254 g/mol. The molecule has 0 saturated heterocycles. The van der Waals surface area contributed by atoms with Crippen molar-refractivity contribution in [3.63, 3.8) is 0 Å². The summed E-state index contributed by atoms with van der Waals surface area (Å²) in [6.07, 6.45) is 0. The fourth-order valence-electron chi connectivity index (χ4n) is 1.61. The predicted molar refractivity (Wildman–Crippen MR) is 74.1 cm³/mol. The Morgan fingerprint density at radius 2 is 2.12 bits per heavy atom. The Morgan fingerprint density at radius 3 is 2.82 bits per heavy atom. The predicted octanol–water partition coefficient (Wildman–Crippen LogP) is 3.80. The first-order valence-electron chi connectivity index (χ1n) is 5.32. The van der Waals surface area contributed by atoms with Crippen LogP contribution in [0.4, 0.5) is 0 Å². The molecule has 0 atom stereocenters. The van der Waals surface area contributed by atoms with Crippen molar-refractivity contribution in [2.24, 2.45) is 0 Å². The molecule has 2 rings (SSSR count). The van der Waals surface area contributed by atoms with Crippen molar-refractivity contribution in [2.45, 2.75) is 6.54 Å². The van der Waals surface area contributed by atoms with E-state index in [0.717, 1.165) is 22.9 Å². The van der Waals surface area contributed by atoms with E-state index in [9.17, 15) is 0 Å². The maximum absolute atomic E-state index is 6.21. The number of methoxy groups -OCH3 is 1. The molecule has 1 aromatic carbocycles. The molecule has 17 heavy (non-hydrogen) atoms. The Balaban J connectivity index is 2.37. The van der Waals surface area contributed by atoms with Crippen LogP contribution in [0.2, 0.25) is 5.02 Å². The molecule has 2 nitrogen and oxygen atoms in total. The summed E-state index contributed by atoms with van der Waals surface area (Å²) in [6.45, 7) is 0.881. The fourth-order valence-corrected chi connectivity index (χ4v) is 2.94. The van der Waals surface area contributed by atoms with Gasteiger partial charge in [-0.25, -0.2) is 0 Å². The fraction of sp³-hybridized carbons (Fsp3) is 0.231. The van der Waals surface area contributed by atoms with Crippen LogP contribution in [-0.4, -0.2) is 14.2 Å². The molecule has 90 valence electrons. The zero-order valence-corrected chi connectivity index (χ0v) is 11.4. The second-order valence-corrected chi connectivity index (χ2v) is 5.22. The summed E-state index contributed by atoms with van der Waals surface area (Å²) < 4.78 is 5.22. The van der Waals surface area contributed by atoms with E-state index in [2.05, 4.69) is 17.4 Å². The molecule has 0 radical (unpaired) electrons. The maximum atomic E-state index is 6.21. The van der Waals surface area contributed by atoms with E-state index in [0.29, 0.717) is 0 Å². The lowest BCUT2D eigenvalue weighted by atomic mass is 10.2. The first-order valence-corrected chi connectivity index (χ1v) is 6.51. The smallest absolute Gasteiger partial charge is 0.119 e. The summed E-state index contributed by atoms with van der Waals surface area (Å²) in [4.78, 5) is 2.46. The standard InChI is InChI=1S/C13H14ClNOS/c1-15-8-10-4-6-13(17-10)11-7-9(16-2)3-5-12(11)14/h3-7,15H,8H2,1-2H3. The first-order chi connectivity index (χ1) is 8.24. The summed E-state index contributed by atoms with van der Waals surface area (Å²) >= 11 is 7.95. The van der Waals surface area contributed by atoms with Crippen LogP contribution >= 0.6 is 22.9 Å². The summed E-state index contributed by atoms with van der Waals surface area (Å²) in [6, 6.07) is 9.92. The number of hydrogen-bond acceptors (Lipinski definition) is 3. The number of ether oxygens (including phenoxy) is 1. The molecule has 0 bridgehead atoms. The van der Waals surface area contributed by atoms with Gasteiger partial charge in [0.1, 0.15) is 5.75 Å². The zero-order valence-electron chi connectivity index (χ0n) is 9.79. The molecule has 0 aliphatic carbocycles. The summed E-state index contributed by atoms with van der Waals surface area (Å²) in [5.41, 5.74) is 1.03. The van der Waals surface area contributed by atoms with Crippen LogP contribution < -0.4 is 10.1 Å². The number of benzene rings is 1. The van der Waals surface area contributed by atoms with Crippen molar-refractivity contribution in [3.8, 4) is 16.2 Å². The number of hydrogen-bond donors (Lipinski definition) is 1. The summed E-state index contributed by atoms with van der Waals surface area (Å²) in [5.74, 6) is 0.827. The van der Waals surface area contributed by atoms with Crippen molar-refractivity contribution in [2.75, 3.05) is 14.2 Å². The normalized spacial score (nSPS) is 10.5. The van der Waals surface area contributed by atoms with Gasteiger partial charge >= 0.3 is 0 Å². The van der Waals surface area contributed by atoms with Gasteiger partial charge in [-0.1, -0.05) is 11.6 Å². The SMILES string of the molecule is CNCc1ccc(-c2cc(OC)ccc2Cl)s1. The zero-order chi connectivity index (χ0) is 12.3. The van der Waals surface area contributed by atoms with Crippen molar-refractivity contribution >= 4 is 22.9 Å². The molecule has 1 aromatic heterocycles. The highest BCUT2D eigenvalue weighted by Gasteiger charge is 2.08. The van der Waals surface area contributed by atoms with Gasteiger partial charge in [-0.05, 0) is 37.4 Å². The average molecular weight is 268 g/mol. The molecule has 1 heterocycles. The Bertz CT molecular complexity index is 510. The lowest BCUT2D eigenvalue weighted by molar-refractivity contribution is 0.415. The first kappa shape index (κ1) is 12.4. The number of halogens is 1. The van der Waals surface area contributed by atoms with Crippen molar-refractivity contribution in [1.29, 1.82) is 0 Å². The van der Waals surface area contributed by atoms with E-state index in [4.69, 9.17) is 16.3 Å². The van der Waals surface area contributed by atoms with Gasteiger partial charge in [-0.3, -0.25) is 0 Å². The average Bonchev–Trinajstić information content (AvgIpc) is 2.79. The van der Waals surface area contributed by atoms with Crippen molar-refractivity contribution in [1.82, 2.24) is 5.32 Å². The molecule has 2 aromatic rings. The van der Waals surface area contributed by atoms with Crippen LogP contribution in [0.1, 0.15) is 4.88 Å². The van der Waals surface area contributed by atoms with Gasteiger partial charge in [-0.15, -0.1) is 11.3 Å². The van der Waals surface area contributed by atoms with Crippen LogP contribution in [0, 0.1) is 0 Å². The number of nitrogens with one attached hydrogen (secondary N) is 1. The third kappa shape index (κ3) is 2.80. The van der Waals surface area contributed by atoms with Crippen LogP contribution in [0.5, 0.6) is 5.75 Å². The lowest BCUT2D eigenvalue weighted by Crippen LogP contribution is -2.02. The van der Waals surface area contributed by atoms with Crippen LogP contribution in [0.3, 0.4) is 0 Å². The molecule has 4 heteroatoms. The van der Waals surface area contributed by atoms with Gasteiger partial charge in [0.05, 0.1) is 7.11 Å². The monoisotopic (exact) mass is 267 g/mol. The molecule has 0 unspecified atom stereocenters. The van der Waals surface area contributed by atoms with Crippen LogP contribution in [0.15, 0.2) is 30.3 Å². The summed E-state index contributed by atoms with van der Waals surface area (Å²) in [7, 11) is 3.60. The lowest BCUT2D eigenvalue weighted by Gasteiger charge is -2.05. The van der Waals surface area contributed by atoms with E-state index in [1.54, 1.807) is 18.4 Å². The molecule has 0 amide bonds. The minimum absolute atomic E-state index is 0.753. The van der Waals surface area contributed by atoms with E-state index in [1.807, 2.05) is 25.2 Å². The van der Waals surface area contributed by atoms with Gasteiger partial charge in [0, 0.05) is 26.9 Å². The van der Waals surface area contributed by atoms with Gasteiger partial charge in [0.25, 0.3) is 0 Å². The minimum atomic E-state index is 0.753. The highest BCUT2D eigenvalue weighted by Crippen LogP contribution is 2.35. The molecule has 0 spiro atoms. The highest BCUT2D eigenvalue weighted by molar-refractivity contribution is 7.15. The Labute approximate surface area is 110 Å². The van der Waals surface area contributed by atoms with E-state index < -0.39 is 0 Å². The Morgan fingerprint density at radius 1 is 1.29 bits per heavy atom. The quantitative estimate of drug-likeness (QED) is 0.910. The Hall–Kier alpha value is -1.03. The van der Waals surface area contributed by atoms with Crippen LogP contribution in [0.25, 0.3) is 10.4 Å². The van der Waals surface area contributed by atoms with Gasteiger partial charge in [0.15, 0.2) is 0 Å². The molecule has 0 fully saturated rings. The van der Waals surface area contributed by atoms with E-state index >= 15 is 0 Å². The van der Waals surface area contributed by atoms with E-state index in [1.165, 1.54) is 9.75 Å². The third-order valence-corrected chi connectivity index (χ3v) is 3.90. The van der Waals surface area contributed by atoms with Gasteiger partial charge in [-0.2, -0.15) is 0 Å². The third-order valence-electron chi connectivity index (χ3n) is 2.45. The minimum Gasteiger partial charge on any atom is -0.497 e. The molecule has 0 aliphatic rings. The van der Waals surface area contributed by atoms with Crippen molar-refractivity contribution < 1.29 is 4.74 Å². The Kier molecular flexibility index (Phi) is 4.05. The second-order valence-electron chi connectivity index (χ2n) is 3.64. The summed E-state index contributed by atoms with van der Waals surface area (Å²) in [5, 5.41) is 3.89.